The Labute approximate surface area is 114 Å². The van der Waals surface area contributed by atoms with Crippen molar-refractivity contribution in [3.05, 3.63) is 53.2 Å². The van der Waals surface area contributed by atoms with Gasteiger partial charge in [-0.1, -0.05) is 18.2 Å². The van der Waals surface area contributed by atoms with Gasteiger partial charge in [0.1, 0.15) is 5.75 Å². The minimum Gasteiger partial charge on any atom is -0.484 e. The lowest BCUT2D eigenvalue weighted by Gasteiger charge is -2.03. The molecule has 0 radical (unpaired) electrons. The number of hydrogen-bond acceptors (Lipinski definition) is 5. The van der Waals surface area contributed by atoms with Crippen molar-refractivity contribution < 1.29 is 9.15 Å². The van der Waals surface area contributed by atoms with E-state index in [0.29, 0.717) is 11.8 Å². The largest absolute Gasteiger partial charge is 0.484 e. The van der Waals surface area contributed by atoms with Crippen LogP contribution in [-0.2, 0) is 6.61 Å². The first-order valence-corrected chi connectivity index (χ1v) is 6.75. The van der Waals surface area contributed by atoms with Crippen LogP contribution in [0.5, 0.6) is 5.75 Å². The fourth-order valence-corrected chi connectivity index (χ4v) is 2.31. The van der Waals surface area contributed by atoms with Crippen LogP contribution in [0.1, 0.15) is 11.5 Å². The highest BCUT2D eigenvalue weighted by atomic mass is 32.1. The molecule has 4 nitrogen and oxygen atoms in total. The summed E-state index contributed by atoms with van der Waals surface area (Å²) in [7, 11) is 0. The molecular weight excluding hydrogens is 260 g/mol. The van der Waals surface area contributed by atoms with Crippen molar-refractivity contribution in [1.29, 1.82) is 0 Å². The van der Waals surface area contributed by atoms with Gasteiger partial charge >= 0.3 is 0 Å². The highest BCUT2D eigenvalue weighted by Crippen LogP contribution is 2.23. The van der Waals surface area contributed by atoms with E-state index >= 15 is 0 Å². The van der Waals surface area contributed by atoms with E-state index in [1.54, 1.807) is 11.3 Å². The molecule has 5 heteroatoms. The summed E-state index contributed by atoms with van der Waals surface area (Å²) in [6.45, 7) is 2.30. The third-order valence-corrected chi connectivity index (χ3v) is 3.41. The van der Waals surface area contributed by atoms with Crippen molar-refractivity contribution in [2.45, 2.75) is 13.5 Å². The molecule has 0 saturated heterocycles. The second kappa shape index (κ2) is 5.24. The van der Waals surface area contributed by atoms with Crippen LogP contribution in [0.3, 0.4) is 0 Å². The van der Waals surface area contributed by atoms with Gasteiger partial charge in [-0.25, -0.2) is 0 Å². The first-order valence-electron chi connectivity index (χ1n) is 5.87. The SMILES string of the molecule is Cc1cccc(OCc2nnc(-c3cccs3)o2)c1. The second-order valence-corrected chi connectivity index (χ2v) is 5.03. The third-order valence-electron chi connectivity index (χ3n) is 2.55. The minimum atomic E-state index is 0.280. The fourth-order valence-electron chi connectivity index (χ4n) is 1.66. The molecule has 0 bridgehead atoms. The van der Waals surface area contributed by atoms with E-state index in [9.17, 15) is 0 Å². The molecule has 2 aromatic heterocycles. The molecule has 1 aromatic carbocycles. The van der Waals surface area contributed by atoms with Crippen LogP contribution in [-0.4, -0.2) is 10.2 Å². The zero-order valence-corrected chi connectivity index (χ0v) is 11.2. The van der Waals surface area contributed by atoms with Gasteiger partial charge in [-0.15, -0.1) is 21.5 Å². The molecule has 0 aliphatic carbocycles. The van der Waals surface area contributed by atoms with Gasteiger partial charge in [-0.3, -0.25) is 0 Å². The Morgan fingerprint density at radius 3 is 2.95 bits per heavy atom. The van der Waals surface area contributed by atoms with E-state index in [4.69, 9.17) is 9.15 Å². The quantitative estimate of drug-likeness (QED) is 0.726. The summed E-state index contributed by atoms with van der Waals surface area (Å²) in [4.78, 5) is 0.967. The predicted octanol–water partition coefficient (Wildman–Crippen LogP) is 3.69. The van der Waals surface area contributed by atoms with Gasteiger partial charge in [-0.2, -0.15) is 0 Å². The van der Waals surface area contributed by atoms with Crippen LogP contribution in [0.15, 0.2) is 46.2 Å². The number of thiophene rings is 1. The van der Waals surface area contributed by atoms with Crippen molar-refractivity contribution >= 4 is 11.3 Å². The standard InChI is InChI=1S/C14H12N2O2S/c1-10-4-2-5-11(8-10)17-9-13-15-16-14(18-13)12-6-3-7-19-12/h2-8H,9H2,1H3. The Balaban J connectivity index is 1.68. The summed E-state index contributed by atoms with van der Waals surface area (Å²) in [5.74, 6) is 1.82. The highest BCUT2D eigenvalue weighted by Gasteiger charge is 2.09. The zero-order valence-electron chi connectivity index (χ0n) is 10.4. The molecule has 19 heavy (non-hydrogen) atoms. The van der Waals surface area contributed by atoms with E-state index < -0.39 is 0 Å². The number of hydrogen-bond donors (Lipinski definition) is 0. The van der Waals surface area contributed by atoms with Crippen molar-refractivity contribution in [3.8, 4) is 16.5 Å². The summed E-state index contributed by atoms with van der Waals surface area (Å²) < 4.78 is 11.2. The zero-order chi connectivity index (χ0) is 13.1. The number of aromatic nitrogens is 2. The molecule has 0 aliphatic rings. The van der Waals surface area contributed by atoms with E-state index in [1.165, 1.54) is 0 Å². The molecule has 0 atom stereocenters. The number of rotatable bonds is 4. The molecule has 0 aliphatic heterocycles. The molecule has 3 aromatic rings. The van der Waals surface area contributed by atoms with Crippen LogP contribution < -0.4 is 4.74 Å². The van der Waals surface area contributed by atoms with Crippen LogP contribution in [0.2, 0.25) is 0 Å². The van der Waals surface area contributed by atoms with Gasteiger partial charge in [-0.05, 0) is 36.1 Å². The molecule has 96 valence electrons. The van der Waals surface area contributed by atoms with Crippen molar-refractivity contribution in [3.63, 3.8) is 0 Å². The second-order valence-electron chi connectivity index (χ2n) is 4.08. The maximum atomic E-state index is 5.61. The Bertz CT molecular complexity index is 662. The maximum absolute atomic E-state index is 5.61. The number of aryl methyl sites for hydroxylation is 1. The monoisotopic (exact) mass is 272 g/mol. The fraction of sp³-hybridized carbons (Fsp3) is 0.143. The average molecular weight is 272 g/mol. The first kappa shape index (κ1) is 11.9. The summed E-state index contributed by atoms with van der Waals surface area (Å²) in [6, 6.07) is 11.8. The Hall–Kier alpha value is -2.14. The third kappa shape index (κ3) is 2.82. The number of nitrogens with zero attached hydrogens (tertiary/aromatic N) is 2. The Morgan fingerprint density at radius 2 is 2.16 bits per heavy atom. The molecule has 0 N–H and O–H groups in total. The van der Waals surface area contributed by atoms with Crippen LogP contribution in [0.4, 0.5) is 0 Å². The van der Waals surface area contributed by atoms with Crippen LogP contribution in [0.25, 0.3) is 10.8 Å². The molecule has 0 spiro atoms. The van der Waals surface area contributed by atoms with Gasteiger partial charge in [0.05, 0.1) is 4.88 Å². The summed E-state index contributed by atoms with van der Waals surface area (Å²) in [5, 5.41) is 9.95. The molecular formula is C14H12N2O2S. The molecule has 0 unspecified atom stereocenters. The Kier molecular flexibility index (Phi) is 3.29. The predicted molar refractivity (Wildman–Crippen MR) is 73.1 cm³/mol. The number of benzene rings is 1. The van der Waals surface area contributed by atoms with E-state index in [2.05, 4.69) is 10.2 Å². The molecule has 0 saturated carbocycles. The lowest BCUT2D eigenvalue weighted by Crippen LogP contribution is -1.95. The maximum Gasteiger partial charge on any atom is 0.257 e. The van der Waals surface area contributed by atoms with Gasteiger partial charge in [0.25, 0.3) is 11.8 Å². The van der Waals surface area contributed by atoms with Crippen LogP contribution >= 0.6 is 11.3 Å². The molecule has 2 heterocycles. The lowest BCUT2D eigenvalue weighted by molar-refractivity contribution is 0.264. The van der Waals surface area contributed by atoms with E-state index in [1.807, 2.05) is 48.7 Å². The lowest BCUT2D eigenvalue weighted by atomic mass is 10.2. The first-order chi connectivity index (χ1) is 9.31. The van der Waals surface area contributed by atoms with Gasteiger partial charge in [0.15, 0.2) is 6.61 Å². The van der Waals surface area contributed by atoms with Crippen LogP contribution in [0, 0.1) is 6.92 Å². The summed E-state index contributed by atoms with van der Waals surface area (Å²) >= 11 is 1.57. The van der Waals surface area contributed by atoms with E-state index in [-0.39, 0.29) is 6.61 Å². The normalized spacial score (nSPS) is 10.6. The van der Waals surface area contributed by atoms with Crippen molar-refractivity contribution in [1.82, 2.24) is 10.2 Å². The Morgan fingerprint density at radius 1 is 1.21 bits per heavy atom. The number of ether oxygens (including phenoxy) is 1. The summed E-state index contributed by atoms with van der Waals surface area (Å²) in [6.07, 6.45) is 0. The average Bonchev–Trinajstić information content (AvgIpc) is 3.07. The smallest absolute Gasteiger partial charge is 0.257 e. The minimum absolute atomic E-state index is 0.280. The van der Waals surface area contributed by atoms with Crippen molar-refractivity contribution in [2.24, 2.45) is 0 Å². The van der Waals surface area contributed by atoms with Gasteiger partial charge in [0, 0.05) is 0 Å². The molecule has 0 fully saturated rings. The van der Waals surface area contributed by atoms with Gasteiger partial charge < -0.3 is 9.15 Å². The topological polar surface area (TPSA) is 48.2 Å². The van der Waals surface area contributed by atoms with Gasteiger partial charge in [0.2, 0.25) is 0 Å². The molecule has 0 amide bonds. The summed E-state index contributed by atoms with van der Waals surface area (Å²) in [5.41, 5.74) is 1.15. The highest BCUT2D eigenvalue weighted by molar-refractivity contribution is 7.13. The molecule has 3 rings (SSSR count). The van der Waals surface area contributed by atoms with Crippen molar-refractivity contribution in [2.75, 3.05) is 0 Å². The van der Waals surface area contributed by atoms with E-state index in [0.717, 1.165) is 16.2 Å².